The fourth-order valence-corrected chi connectivity index (χ4v) is 3.89. The van der Waals surface area contributed by atoms with Gasteiger partial charge in [0.05, 0.1) is 24.5 Å². The average molecular weight is 419 g/mol. The first-order valence-electron chi connectivity index (χ1n) is 10.3. The minimum atomic E-state index is -0.769. The van der Waals surface area contributed by atoms with E-state index in [0.29, 0.717) is 5.69 Å². The van der Waals surface area contributed by atoms with E-state index in [4.69, 9.17) is 4.74 Å². The third kappa shape index (κ3) is 4.58. The fraction of sp³-hybridized carbons (Fsp3) is 0.304. The van der Waals surface area contributed by atoms with Gasteiger partial charge in [-0.15, -0.1) is 0 Å². The van der Waals surface area contributed by atoms with Gasteiger partial charge in [-0.3, -0.25) is 9.59 Å². The highest BCUT2D eigenvalue weighted by molar-refractivity contribution is 6.39. The van der Waals surface area contributed by atoms with Crippen molar-refractivity contribution >= 4 is 17.5 Å². The van der Waals surface area contributed by atoms with E-state index >= 15 is 0 Å². The van der Waals surface area contributed by atoms with Crippen LogP contribution in [0.4, 0.5) is 5.69 Å². The molecule has 2 heterocycles. The van der Waals surface area contributed by atoms with E-state index in [1.165, 1.54) is 5.56 Å². The Bertz CT molecular complexity index is 1060. The molecular formula is C23H25N5O3. The van der Waals surface area contributed by atoms with Crippen LogP contribution in [0, 0.1) is 0 Å². The Morgan fingerprint density at radius 1 is 1.13 bits per heavy atom. The molecule has 0 saturated heterocycles. The highest BCUT2D eigenvalue weighted by atomic mass is 16.5. The number of imidazole rings is 1. The lowest BCUT2D eigenvalue weighted by molar-refractivity contribution is -0.136. The molecule has 2 N–H and O–H groups in total. The van der Waals surface area contributed by atoms with Crippen molar-refractivity contribution in [1.82, 2.24) is 19.9 Å². The lowest BCUT2D eigenvalue weighted by Crippen LogP contribution is -2.42. The Balaban J connectivity index is 1.54. The van der Waals surface area contributed by atoms with Gasteiger partial charge in [0, 0.05) is 18.6 Å². The zero-order valence-corrected chi connectivity index (χ0v) is 17.5. The van der Waals surface area contributed by atoms with Crippen molar-refractivity contribution in [1.29, 1.82) is 0 Å². The Kier molecular flexibility index (Phi) is 5.97. The molecule has 0 fully saturated rings. The van der Waals surface area contributed by atoms with Crippen molar-refractivity contribution in [2.24, 2.45) is 0 Å². The Morgan fingerprint density at radius 2 is 1.97 bits per heavy atom. The van der Waals surface area contributed by atoms with E-state index in [9.17, 15) is 9.59 Å². The summed E-state index contributed by atoms with van der Waals surface area (Å²) in [4.78, 5) is 33.9. The van der Waals surface area contributed by atoms with Gasteiger partial charge in [-0.1, -0.05) is 24.3 Å². The normalized spacial score (nSPS) is 17.6. The number of hydrogen-bond acceptors (Lipinski definition) is 5. The summed E-state index contributed by atoms with van der Waals surface area (Å²) in [6.07, 6.45) is 8.51. The molecule has 8 nitrogen and oxygen atoms in total. The van der Waals surface area contributed by atoms with Crippen molar-refractivity contribution in [3.63, 3.8) is 0 Å². The number of hydrogen-bond donors (Lipinski definition) is 2. The first kappa shape index (κ1) is 20.6. The van der Waals surface area contributed by atoms with E-state index < -0.39 is 11.8 Å². The minimum Gasteiger partial charge on any atom is -0.473 e. The third-order valence-corrected chi connectivity index (χ3v) is 5.25. The maximum Gasteiger partial charge on any atom is 0.313 e. The summed E-state index contributed by atoms with van der Waals surface area (Å²) >= 11 is 0. The molecule has 160 valence electrons. The van der Waals surface area contributed by atoms with Crippen LogP contribution in [0.3, 0.4) is 0 Å². The van der Waals surface area contributed by atoms with Crippen molar-refractivity contribution in [2.75, 3.05) is 5.32 Å². The van der Waals surface area contributed by atoms with E-state index in [-0.39, 0.29) is 24.1 Å². The van der Waals surface area contributed by atoms with Gasteiger partial charge < -0.3 is 19.9 Å². The number of anilines is 1. The molecule has 0 spiro atoms. The number of carbonyl (C=O) groups excluding carboxylic acids is 2. The van der Waals surface area contributed by atoms with Crippen LogP contribution in [-0.2, 0) is 16.0 Å². The van der Waals surface area contributed by atoms with E-state index in [1.807, 2.05) is 42.8 Å². The zero-order chi connectivity index (χ0) is 21.8. The number of pyridine rings is 1. The summed E-state index contributed by atoms with van der Waals surface area (Å²) in [7, 11) is 0. The van der Waals surface area contributed by atoms with Gasteiger partial charge in [-0.2, -0.15) is 0 Å². The molecule has 0 bridgehead atoms. The number of nitrogens with one attached hydrogen (secondary N) is 2. The summed E-state index contributed by atoms with van der Waals surface area (Å²) in [5.74, 6) is -1.21. The van der Waals surface area contributed by atoms with E-state index in [2.05, 4.69) is 26.7 Å². The molecule has 2 amide bonds. The number of rotatable bonds is 5. The molecule has 0 aliphatic heterocycles. The second-order valence-corrected chi connectivity index (χ2v) is 7.74. The number of aromatic nitrogens is 3. The largest absolute Gasteiger partial charge is 0.473 e. The predicted molar refractivity (Wildman–Crippen MR) is 116 cm³/mol. The number of nitrogens with zero attached hydrogens (tertiary/aromatic N) is 3. The maximum absolute atomic E-state index is 12.9. The molecule has 1 aliphatic carbocycles. The molecule has 1 aliphatic rings. The number of amides is 2. The lowest BCUT2D eigenvalue weighted by atomic mass is 9.84. The molecule has 4 rings (SSSR count). The monoisotopic (exact) mass is 419 g/mol. The molecule has 2 unspecified atom stereocenters. The van der Waals surface area contributed by atoms with Crippen LogP contribution in [0.1, 0.15) is 43.5 Å². The van der Waals surface area contributed by atoms with Crippen molar-refractivity contribution in [3.05, 3.63) is 72.4 Å². The quantitative estimate of drug-likeness (QED) is 0.620. The van der Waals surface area contributed by atoms with Gasteiger partial charge in [-0.25, -0.2) is 9.97 Å². The van der Waals surface area contributed by atoms with Crippen LogP contribution in [0.15, 0.2) is 61.3 Å². The summed E-state index contributed by atoms with van der Waals surface area (Å²) in [5, 5.41) is 5.55. The molecule has 0 radical (unpaired) electrons. The number of benzene rings is 1. The van der Waals surface area contributed by atoms with Crippen LogP contribution in [0.2, 0.25) is 0 Å². The topological polar surface area (TPSA) is 98.1 Å². The molecule has 2 atom stereocenters. The van der Waals surface area contributed by atoms with Crippen LogP contribution < -0.4 is 15.4 Å². The number of aryl methyl sites for hydroxylation is 1. The fourth-order valence-electron chi connectivity index (χ4n) is 3.89. The van der Waals surface area contributed by atoms with Gasteiger partial charge in [0.1, 0.15) is 5.69 Å². The number of carbonyl (C=O) groups is 2. The smallest absolute Gasteiger partial charge is 0.313 e. The third-order valence-electron chi connectivity index (χ3n) is 5.25. The Hall–Kier alpha value is -3.68. The summed E-state index contributed by atoms with van der Waals surface area (Å²) in [6.45, 7) is 3.73. The van der Waals surface area contributed by atoms with Gasteiger partial charge >= 0.3 is 11.8 Å². The summed E-state index contributed by atoms with van der Waals surface area (Å²) < 4.78 is 7.60. The van der Waals surface area contributed by atoms with E-state index in [0.717, 1.165) is 18.4 Å². The molecular weight excluding hydrogens is 394 g/mol. The first-order chi connectivity index (χ1) is 15.0. The molecule has 1 aromatic carbocycles. The molecule has 3 aromatic rings. The lowest BCUT2D eigenvalue weighted by Gasteiger charge is -2.34. The maximum atomic E-state index is 12.9. The van der Waals surface area contributed by atoms with Gasteiger partial charge in [-0.05, 0) is 49.9 Å². The van der Waals surface area contributed by atoms with Crippen LogP contribution in [0.5, 0.6) is 5.88 Å². The van der Waals surface area contributed by atoms with Crippen LogP contribution in [0.25, 0.3) is 0 Å². The average Bonchev–Trinajstić information content (AvgIpc) is 3.29. The zero-order valence-electron chi connectivity index (χ0n) is 17.5. The molecule has 31 heavy (non-hydrogen) atoms. The molecule has 0 saturated carbocycles. The summed E-state index contributed by atoms with van der Waals surface area (Å²) in [5.41, 5.74) is 2.54. The second kappa shape index (κ2) is 8.99. The molecule has 8 heteroatoms. The van der Waals surface area contributed by atoms with Crippen molar-refractivity contribution < 1.29 is 14.3 Å². The van der Waals surface area contributed by atoms with Crippen LogP contribution in [-0.4, -0.2) is 32.5 Å². The van der Waals surface area contributed by atoms with E-state index in [1.54, 1.807) is 30.9 Å². The SMILES string of the molecule is CC(C)Oc1ncccc1NC(=O)C(=O)NC1c2ccccc2CCC1n1ccnc1. The first-order valence-corrected chi connectivity index (χ1v) is 10.3. The predicted octanol–water partition coefficient (Wildman–Crippen LogP) is 3.05. The molecule has 2 aromatic heterocycles. The number of fused-ring (bicyclic) bond motifs is 1. The number of ether oxygens (including phenoxy) is 1. The van der Waals surface area contributed by atoms with Gasteiger partial charge in [0.25, 0.3) is 0 Å². The summed E-state index contributed by atoms with van der Waals surface area (Å²) in [6, 6.07) is 10.9. The van der Waals surface area contributed by atoms with Crippen molar-refractivity contribution in [3.8, 4) is 5.88 Å². The Labute approximate surface area is 180 Å². The second-order valence-electron chi connectivity index (χ2n) is 7.74. The Morgan fingerprint density at radius 3 is 2.74 bits per heavy atom. The van der Waals surface area contributed by atoms with Crippen molar-refractivity contribution in [2.45, 2.75) is 44.9 Å². The standard InChI is InChI=1S/C23H25N5O3/c1-15(2)31-23-18(8-5-11-25-23)26-21(29)22(30)27-20-17-7-4-3-6-16(17)9-10-19(20)28-13-12-24-14-28/h3-8,11-15,19-20H,9-10H2,1-2H3,(H,26,29)(H,27,30). The highest BCUT2D eigenvalue weighted by Crippen LogP contribution is 2.37. The van der Waals surface area contributed by atoms with Gasteiger partial charge in [0.15, 0.2) is 0 Å². The van der Waals surface area contributed by atoms with Crippen LogP contribution >= 0.6 is 0 Å². The minimum absolute atomic E-state index is 0.0348. The highest BCUT2D eigenvalue weighted by Gasteiger charge is 2.33. The van der Waals surface area contributed by atoms with Gasteiger partial charge in [0.2, 0.25) is 5.88 Å².